The normalized spacial score (nSPS) is 11.3. The summed E-state index contributed by atoms with van der Waals surface area (Å²) in [5, 5.41) is 0. The summed E-state index contributed by atoms with van der Waals surface area (Å²) in [5.41, 5.74) is 4.00. The molecule has 0 aliphatic rings. The van der Waals surface area contributed by atoms with E-state index in [1.165, 1.54) is 0 Å². The number of benzene rings is 1. The largest absolute Gasteiger partial charge is 0.281 e. The van der Waals surface area contributed by atoms with Crippen molar-refractivity contribution in [3.05, 3.63) is 66.1 Å². The third-order valence-corrected chi connectivity index (χ3v) is 3.44. The Balaban J connectivity index is 2.25. The lowest BCUT2D eigenvalue weighted by atomic mass is 10.2. The van der Waals surface area contributed by atoms with Crippen LogP contribution in [0.2, 0.25) is 0 Å². The molecule has 2 heterocycles. The highest BCUT2D eigenvalue weighted by atomic mass is 15.1. The van der Waals surface area contributed by atoms with E-state index in [4.69, 9.17) is 4.98 Å². The molecule has 21 heavy (non-hydrogen) atoms. The van der Waals surface area contributed by atoms with Gasteiger partial charge in [-0.05, 0) is 49.8 Å². The topological polar surface area (TPSA) is 30.7 Å². The van der Waals surface area contributed by atoms with Crippen molar-refractivity contribution in [2.24, 2.45) is 0 Å². The van der Waals surface area contributed by atoms with Crippen LogP contribution in [-0.4, -0.2) is 14.5 Å². The molecule has 0 fully saturated rings. The van der Waals surface area contributed by atoms with Crippen molar-refractivity contribution in [3.63, 3.8) is 0 Å². The lowest BCUT2D eigenvalue weighted by Crippen LogP contribution is -2.02. The third-order valence-electron chi connectivity index (χ3n) is 3.44. The van der Waals surface area contributed by atoms with Gasteiger partial charge in [-0.1, -0.05) is 30.9 Å². The number of aryl methyl sites for hydroxylation is 1. The number of hydrogen-bond acceptors (Lipinski definition) is 2. The van der Waals surface area contributed by atoms with Crippen molar-refractivity contribution in [1.82, 2.24) is 14.5 Å². The predicted octanol–water partition coefficient (Wildman–Crippen LogP) is 4.41. The van der Waals surface area contributed by atoms with Crippen LogP contribution in [0.3, 0.4) is 0 Å². The molecule has 0 N–H and O–H groups in total. The van der Waals surface area contributed by atoms with Gasteiger partial charge in [0, 0.05) is 0 Å². The second kappa shape index (κ2) is 5.37. The fourth-order valence-electron chi connectivity index (χ4n) is 2.50. The summed E-state index contributed by atoms with van der Waals surface area (Å²) in [6.07, 6.45) is 5.80. The van der Waals surface area contributed by atoms with Crippen LogP contribution in [0.15, 0.2) is 49.1 Å². The molecule has 0 aliphatic carbocycles. The molecule has 3 aromatic rings. The average Bonchev–Trinajstić information content (AvgIpc) is 2.83. The smallest absolute Gasteiger partial charge is 0.139 e. The van der Waals surface area contributed by atoms with Crippen LogP contribution in [0.1, 0.15) is 24.0 Å². The third kappa shape index (κ3) is 2.27. The van der Waals surface area contributed by atoms with Gasteiger partial charge in [0.05, 0.1) is 16.7 Å². The van der Waals surface area contributed by atoms with Gasteiger partial charge in [-0.15, -0.1) is 0 Å². The lowest BCUT2D eigenvalue weighted by molar-refractivity contribution is 0.953. The zero-order valence-corrected chi connectivity index (χ0v) is 12.2. The Kier molecular flexibility index (Phi) is 3.40. The Bertz CT molecular complexity index is 841. The molecule has 0 bridgehead atoms. The number of nitrogens with zero attached hydrogens (tertiary/aromatic N) is 3. The maximum absolute atomic E-state index is 4.75. The van der Waals surface area contributed by atoms with Gasteiger partial charge in [0.1, 0.15) is 11.6 Å². The number of rotatable bonds is 3. The van der Waals surface area contributed by atoms with E-state index in [1.807, 2.05) is 62.4 Å². The second-order valence-corrected chi connectivity index (χ2v) is 4.83. The molecular formula is C18H17N3. The van der Waals surface area contributed by atoms with Gasteiger partial charge >= 0.3 is 0 Å². The average molecular weight is 275 g/mol. The van der Waals surface area contributed by atoms with Crippen molar-refractivity contribution in [2.45, 2.75) is 13.8 Å². The molecule has 0 amide bonds. The Labute approximate surface area is 124 Å². The molecule has 104 valence electrons. The van der Waals surface area contributed by atoms with Crippen LogP contribution >= 0.6 is 0 Å². The fraction of sp³-hybridized carbons (Fsp3) is 0.111. The van der Waals surface area contributed by atoms with Gasteiger partial charge in [0.15, 0.2) is 0 Å². The minimum Gasteiger partial charge on any atom is -0.281 e. The molecule has 0 unspecified atom stereocenters. The van der Waals surface area contributed by atoms with Crippen molar-refractivity contribution < 1.29 is 0 Å². The Morgan fingerprint density at radius 1 is 1.10 bits per heavy atom. The SMILES string of the molecule is C=Cc1ccc(-n2c(C)nc3ccccc32)nc1/C=C\C. The minimum absolute atomic E-state index is 0.875. The number of allylic oxidation sites excluding steroid dienone is 1. The van der Waals surface area contributed by atoms with Gasteiger partial charge in [0.25, 0.3) is 0 Å². The van der Waals surface area contributed by atoms with E-state index in [0.717, 1.165) is 33.9 Å². The summed E-state index contributed by atoms with van der Waals surface area (Å²) < 4.78 is 2.08. The molecule has 0 saturated heterocycles. The fourth-order valence-corrected chi connectivity index (χ4v) is 2.50. The first-order valence-corrected chi connectivity index (χ1v) is 6.95. The van der Waals surface area contributed by atoms with Gasteiger partial charge in [0.2, 0.25) is 0 Å². The quantitative estimate of drug-likeness (QED) is 0.709. The lowest BCUT2D eigenvalue weighted by Gasteiger charge is -2.09. The molecule has 0 atom stereocenters. The molecule has 0 radical (unpaired) electrons. The van der Waals surface area contributed by atoms with Crippen LogP contribution < -0.4 is 0 Å². The van der Waals surface area contributed by atoms with Crippen LogP contribution in [0.25, 0.3) is 29.0 Å². The molecule has 3 heteroatoms. The van der Waals surface area contributed by atoms with E-state index in [9.17, 15) is 0 Å². The van der Waals surface area contributed by atoms with E-state index in [0.29, 0.717) is 0 Å². The van der Waals surface area contributed by atoms with Crippen LogP contribution in [0.4, 0.5) is 0 Å². The number of aromatic nitrogens is 3. The number of para-hydroxylation sites is 2. The number of fused-ring (bicyclic) bond motifs is 1. The van der Waals surface area contributed by atoms with Crippen molar-refractivity contribution in [2.75, 3.05) is 0 Å². The highest BCUT2D eigenvalue weighted by Crippen LogP contribution is 2.21. The van der Waals surface area contributed by atoms with Crippen LogP contribution in [0, 0.1) is 6.92 Å². The van der Waals surface area contributed by atoms with Gasteiger partial charge in [-0.2, -0.15) is 0 Å². The zero-order valence-electron chi connectivity index (χ0n) is 12.2. The molecule has 3 nitrogen and oxygen atoms in total. The molecular weight excluding hydrogens is 258 g/mol. The molecule has 0 spiro atoms. The number of hydrogen-bond donors (Lipinski definition) is 0. The molecule has 1 aromatic carbocycles. The first-order valence-electron chi connectivity index (χ1n) is 6.95. The summed E-state index contributed by atoms with van der Waals surface area (Å²) in [6.45, 7) is 7.82. The molecule has 0 aliphatic heterocycles. The summed E-state index contributed by atoms with van der Waals surface area (Å²) >= 11 is 0. The van der Waals surface area contributed by atoms with E-state index < -0.39 is 0 Å². The Hall–Kier alpha value is -2.68. The first kappa shape index (κ1) is 13.3. The van der Waals surface area contributed by atoms with Crippen molar-refractivity contribution in [1.29, 1.82) is 0 Å². The zero-order chi connectivity index (χ0) is 14.8. The van der Waals surface area contributed by atoms with E-state index in [1.54, 1.807) is 0 Å². The summed E-state index contributed by atoms with van der Waals surface area (Å²) in [4.78, 5) is 9.34. The Morgan fingerprint density at radius 3 is 2.67 bits per heavy atom. The predicted molar refractivity (Wildman–Crippen MR) is 88.4 cm³/mol. The highest BCUT2D eigenvalue weighted by molar-refractivity contribution is 5.78. The standard InChI is InChI=1S/C18H17N3/c1-4-8-15-14(5-2)11-12-18(20-15)21-13(3)19-16-9-6-7-10-17(16)21/h4-12H,2H2,1,3H3/b8-4-. The molecule has 0 saturated carbocycles. The monoisotopic (exact) mass is 275 g/mol. The molecule has 3 rings (SSSR count). The van der Waals surface area contributed by atoms with Gasteiger partial charge in [-0.25, -0.2) is 9.97 Å². The van der Waals surface area contributed by atoms with E-state index >= 15 is 0 Å². The highest BCUT2D eigenvalue weighted by Gasteiger charge is 2.10. The maximum Gasteiger partial charge on any atom is 0.139 e. The molecule has 2 aromatic heterocycles. The van der Waals surface area contributed by atoms with Gasteiger partial charge < -0.3 is 0 Å². The minimum atomic E-state index is 0.875. The van der Waals surface area contributed by atoms with E-state index in [2.05, 4.69) is 22.2 Å². The van der Waals surface area contributed by atoms with Gasteiger partial charge in [-0.3, -0.25) is 4.57 Å². The summed E-state index contributed by atoms with van der Waals surface area (Å²) in [6, 6.07) is 12.1. The van der Waals surface area contributed by atoms with Crippen molar-refractivity contribution >= 4 is 23.2 Å². The summed E-state index contributed by atoms with van der Waals surface area (Å²) in [5.74, 6) is 1.81. The second-order valence-electron chi connectivity index (χ2n) is 4.83. The van der Waals surface area contributed by atoms with Crippen LogP contribution in [0.5, 0.6) is 0 Å². The summed E-state index contributed by atoms with van der Waals surface area (Å²) in [7, 11) is 0. The first-order chi connectivity index (χ1) is 10.2. The number of imidazole rings is 1. The van der Waals surface area contributed by atoms with E-state index in [-0.39, 0.29) is 0 Å². The number of pyridine rings is 1. The van der Waals surface area contributed by atoms with Crippen LogP contribution in [-0.2, 0) is 0 Å². The Morgan fingerprint density at radius 2 is 1.90 bits per heavy atom. The van der Waals surface area contributed by atoms with Crippen molar-refractivity contribution in [3.8, 4) is 5.82 Å². The maximum atomic E-state index is 4.75.